The van der Waals surface area contributed by atoms with E-state index in [0.29, 0.717) is 16.6 Å². The second-order valence-electron chi connectivity index (χ2n) is 4.78. The van der Waals surface area contributed by atoms with Gasteiger partial charge in [-0.05, 0) is 23.8 Å². The summed E-state index contributed by atoms with van der Waals surface area (Å²) >= 11 is 3.21. The van der Waals surface area contributed by atoms with Crippen LogP contribution in [0.1, 0.15) is 17.0 Å². The molecule has 1 aliphatic heterocycles. The van der Waals surface area contributed by atoms with Crippen molar-refractivity contribution in [3.63, 3.8) is 0 Å². The molecule has 0 fully saturated rings. The molecule has 0 radical (unpaired) electrons. The zero-order valence-corrected chi connectivity index (χ0v) is 12.2. The number of fused-ring (bicyclic) bond motifs is 1. The van der Waals surface area contributed by atoms with E-state index in [1.165, 1.54) is 6.07 Å². The van der Waals surface area contributed by atoms with Crippen molar-refractivity contribution in [2.45, 2.75) is 12.3 Å². The van der Waals surface area contributed by atoms with Crippen LogP contribution in [0, 0.1) is 5.82 Å². The third-order valence-electron chi connectivity index (χ3n) is 3.47. The molecular formula is C16H12BrFO2. The van der Waals surface area contributed by atoms with E-state index >= 15 is 0 Å². The number of hydrogen-bond acceptors (Lipinski definition) is 2. The molecule has 1 unspecified atom stereocenters. The molecule has 3 rings (SSSR count). The summed E-state index contributed by atoms with van der Waals surface area (Å²) in [5.41, 5.74) is 1.32. The highest BCUT2D eigenvalue weighted by molar-refractivity contribution is 9.10. The van der Waals surface area contributed by atoms with E-state index in [1.54, 1.807) is 12.1 Å². The van der Waals surface area contributed by atoms with Gasteiger partial charge in [-0.2, -0.15) is 0 Å². The van der Waals surface area contributed by atoms with Crippen molar-refractivity contribution in [3.05, 3.63) is 63.9 Å². The van der Waals surface area contributed by atoms with E-state index in [1.807, 2.05) is 24.3 Å². The lowest BCUT2D eigenvalue weighted by Gasteiger charge is -2.08. The number of rotatable bonds is 3. The van der Waals surface area contributed by atoms with Gasteiger partial charge in [0.25, 0.3) is 0 Å². The highest BCUT2D eigenvalue weighted by Crippen LogP contribution is 2.34. The highest BCUT2D eigenvalue weighted by atomic mass is 79.9. The first kappa shape index (κ1) is 13.3. The molecule has 20 heavy (non-hydrogen) atoms. The Morgan fingerprint density at radius 3 is 2.90 bits per heavy atom. The van der Waals surface area contributed by atoms with Crippen LogP contribution in [0.4, 0.5) is 4.39 Å². The summed E-state index contributed by atoms with van der Waals surface area (Å²) in [5.74, 6) is 0.0764. The van der Waals surface area contributed by atoms with Gasteiger partial charge in [-0.3, -0.25) is 4.79 Å². The van der Waals surface area contributed by atoms with E-state index in [2.05, 4.69) is 15.9 Å². The first-order valence-corrected chi connectivity index (χ1v) is 7.13. The summed E-state index contributed by atoms with van der Waals surface area (Å²) in [5, 5.41) is 0. The molecular weight excluding hydrogens is 323 g/mol. The Bertz CT molecular complexity index is 669. The average Bonchev–Trinajstić information content (AvgIpc) is 2.86. The summed E-state index contributed by atoms with van der Waals surface area (Å²) in [4.78, 5) is 12.4. The van der Waals surface area contributed by atoms with Crippen LogP contribution in [0.25, 0.3) is 0 Å². The van der Waals surface area contributed by atoms with Gasteiger partial charge in [0.05, 0.1) is 5.92 Å². The second kappa shape index (κ2) is 5.37. The van der Waals surface area contributed by atoms with Crippen LogP contribution in [-0.4, -0.2) is 12.4 Å². The Morgan fingerprint density at radius 1 is 1.30 bits per heavy atom. The van der Waals surface area contributed by atoms with Crippen molar-refractivity contribution >= 4 is 21.7 Å². The zero-order chi connectivity index (χ0) is 14.1. The van der Waals surface area contributed by atoms with Gasteiger partial charge < -0.3 is 4.74 Å². The van der Waals surface area contributed by atoms with Gasteiger partial charge in [-0.25, -0.2) is 4.39 Å². The molecule has 102 valence electrons. The number of carbonyl (C=O) groups excluding carboxylic acids is 1. The summed E-state index contributed by atoms with van der Waals surface area (Å²) in [7, 11) is 0. The number of halogens is 2. The van der Waals surface area contributed by atoms with E-state index in [-0.39, 0.29) is 23.9 Å². The zero-order valence-electron chi connectivity index (χ0n) is 10.6. The molecule has 0 N–H and O–H groups in total. The van der Waals surface area contributed by atoms with Crippen molar-refractivity contribution < 1.29 is 13.9 Å². The number of benzene rings is 2. The third kappa shape index (κ3) is 2.48. The number of hydrogen-bond donors (Lipinski definition) is 0. The predicted octanol–water partition coefficient (Wildman–Crippen LogP) is 3.88. The smallest absolute Gasteiger partial charge is 0.148 e. The highest BCUT2D eigenvalue weighted by Gasteiger charge is 2.30. The van der Waals surface area contributed by atoms with Crippen molar-refractivity contribution in [2.75, 3.05) is 6.61 Å². The van der Waals surface area contributed by atoms with Gasteiger partial charge in [0.2, 0.25) is 0 Å². The molecule has 0 spiro atoms. The van der Waals surface area contributed by atoms with E-state index in [4.69, 9.17) is 4.74 Å². The topological polar surface area (TPSA) is 26.3 Å². The van der Waals surface area contributed by atoms with Crippen LogP contribution in [0.5, 0.6) is 5.75 Å². The Labute approximate surface area is 124 Å². The van der Waals surface area contributed by atoms with Crippen molar-refractivity contribution in [2.24, 2.45) is 0 Å². The Kier molecular flexibility index (Phi) is 3.57. The maximum absolute atomic E-state index is 13.8. The Morgan fingerprint density at radius 2 is 2.10 bits per heavy atom. The van der Waals surface area contributed by atoms with Gasteiger partial charge in [-0.15, -0.1) is 0 Å². The summed E-state index contributed by atoms with van der Waals surface area (Å²) in [6, 6.07) is 12.3. The molecule has 1 heterocycles. The summed E-state index contributed by atoms with van der Waals surface area (Å²) < 4.78 is 19.9. The molecule has 0 bridgehead atoms. The first-order chi connectivity index (χ1) is 9.65. The molecule has 1 atom stereocenters. The number of Topliss-reactive ketones (excluding diaryl/α,β-unsaturated/α-hetero) is 1. The lowest BCUT2D eigenvalue weighted by Crippen LogP contribution is -2.17. The minimum absolute atomic E-state index is 0.0174. The first-order valence-electron chi connectivity index (χ1n) is 6.33. The van der Waals surface area contributed by atoms with Crippen LogP contribution in [-0.2, 0) is 11.2 Å². The van der Waals surface area contributed by atoms with Crippen LogP contribution in [0.2, 0.25) is 0 Å². The minimum atomic E-state index is -0.361. The summed E-state index contributed by atoms with van der Waals surface area (Å²) in [6.07, 6.45) is 0.0848. The molecule has 0 amide bonds. The maximum Gasteiger partial charge on any atom is 0.148 e. The lowest BCUT2D eigenvalue weighted by atomic mass is 9.93. The summed E-state index contributed by atoms with van der Waals surface area (Å²) in [6.45, 7) is 0.344. The van der Waals surface area contributed by atoms with E-state index in [0.717, 1.165) is 11.3 Å². The van der Waals surface area contributed by atoms with Crippen LogP contribution in [0.15, 0.2) is 46.9 Å². The van der Waals surface area contributed by atoms with Gasteiger partial charge in [0.15, 0.2) is 0 Å². The fraction of sp³-hybridized carbons (Fsp3) is 0.188. The van der Waals surface area contributed by atoms with E-state index < -0.39 is 0 Å². The molecule has 0 saturated carbocycles. The van der Waals surface area contributed by atoms with Gasteiger partial charge in [0, 0.05) is 16.5 Å². The Balaban J connectivity index is 1.81. The molecule has 0 saturated heterocycles. The number of ether oxygens (including phenoxy) is 1. The fourth-order valence-corrected chi connectivity index (χ4v) is 2.74. The predicted molar refractivity (Wildman–Crippen MR) is 77.5 cm³/mol. The van der Waals surface area contributed by atoms with Crippen LogP contribution in [0.3, 0.4) is 0 Å². The minimum Gasteiger partial charge on any atom is -0.492 e. The average molecular weight is 335 g/mol. The quantitative estimate of drug-likeness (QED) is 0.851. The van der Waals surface area contributed by atoms with Gasteiger partial charge in [-0.1, -0.05) is 40.2 Å². The van der Waals surface area contributed by atoms with Crippen LogP contribution < -0.4 is 4.74 Å². The van der Waals surface area contributed by atoms with Gasteiger partial charge >= 0.3 is 0 Å². The van der Waals surface area contributed by atoms with Crippen LogP contribution >= 0.6 is 15.9 Å². The molecule has 0 aromatic heterocycles. The second-order valence-corrected chi connectivity index (χ2v) is 5.70. The molecule has 2 nitrogen and oxygen atoms in total. The van der Waals surface area contributed by atoms with Crippen molar-refractivity contribution in [1.82, 2.24) is 0 Å². The SMILES string of the molecule is O=C(Cc1ccc(Br)cc1F)C1COc2ccccc21. The third-order valence-corrected chi connectivity index (χ3v) is 3.96. The number of ketones is 1. The maximum atomic E-state index is 13.8. The molecule has 2 aromatic rings. The normalized spacial score (nSPS) is 16.6. The lowest BCUT2D eigenvalue weighted by molar-refractivity contribution is -0.120. The number of carbonyl (C=O) groups is 1. The molecule has 0 aliphatic carbocycles. The standard InChI is InChI=1S/C16H12BrFO2/c17-11-6-5-10(14(18)8-11)7-15(19)13-9-20-16-4-2-1-3-12(13)16/h1-6,8,13H,7,9H2. The van der Waals surface area contributed by atoms with E-state index in [9.17, 15) is 9.18 Å². The van der Waals surface area contributed by atoms with Gasteiger partial charge in [0.1, 0.15) is 24.0 Å². The van der Waals surface area contributed by atoms with Crippen molar-refractivity contribution in [3.8, 4) is 5.75 Å². The molecule has 4 heteroatoms. The number of para-hydroxylation sites is 1. The monoisotopic (exact) mass is 334 g/mol. The fourth-order valence-electron chi connectivity index (χ4n) is 2.41. The molecule has 1 aliphatic rings. The largest absolute Gasteiger partial charge is 0.492 e. The Hall–Kier alpha value is -1.68. The van der Waals surface area contributed by atoms with Crippen molar-refractivity contribution in [1.29, 1.82) is 0 Å². The molecule has 2 aromatic carbocycles.